The van der Waals surface area contributed by atoms with E-state index in [2.05, 4.69) is 4.98 Å². The van der Waals surface area contributed by atoms with Crippen molar-refractivity contribution in [3.05, 3.63) is 64.6 Å². The largest absolute Gasteiger partial charge is 0.454 e. The number of aliphatic hydroxyl groups is 1. The smallest absolute Gasteiger partial charge is 0.269 e. The van der Waals surface area contributed by atoms with Gasteiger partial charge in [0.15, 0.2) is 11.5 Å². The number of aliphatic hydroxyl groups excluding tert-OH is 1. The quantitative estimate of drug-likeness (QED) is 0.726. The van der Waals surface area contributed by atoms with E-state index in [9.17, 15) is 9.90 Å². The Morgan fingerprint density at radius 3 is 2.96 bits per heavy atom. The highest BCUT2D eigenvalue weighted by Gasteiger charge is 2.14. The van der Waals surface area contributed by atoms with Crippen molar-refractivity contribution in [2.75, 3.05) is 13.4 Å². The highest BCUT2D eigenvalue weighted by molar-refractivity contribution is 5.74. The molecular weight excluding hydrogens is 336 g/mol. The summed E-state index contributed by atoms with van der Waals surface area (Å²) in [4.78, 5) is 16.2. The van der Waals surface area contributed by atoms with Gasteiger partial charge >= 0.3 is 0 Å². The van der Waals surface area contributed by atoms with Gasteiger partial charge in [0.2, 0.25) is 6.79 Å². The Morgan fingerprint density at radius 1 is 1.19 bits per heavy atom. The standard InChI is InChI=1S/C19H18N2O5/c22-14(9-21-16-4-2-1-3-15(16)20-8-19(21)23)11-24-10-13-5-6-17-18(7-13)26-12-25-17/h1-8,14,22H,9-12H2. The molecule has 0 aliphatic carbocycles. The maximum Gasteiger partial charge on any atom is 0.269 e. The van der Waals surface area contributed by atoms with Gasteiger partial charge in [0.25, 0.3) is 5.56 Å². The van der Waals surface area contributed by atoms with Crippen LogP contribution < -0.4 is 15.0 Å². The Kier molecular flexibility index (Phi) is 4.55. The fourth-order valence-corrected chi connectivity index (χ4v) is 2.91. The van der Waals surface area contributed by atoms with Crippen molar-refractivity contribution in [2.45, 2.75) is 19.3 Å². The molecule has 0 amide bonds. The van der Waals surface area contributed by atoms with Crippen molar-refractivity contribution in [3.63, 3.8) is 0 Å². The summed E-state index contributed by atoms with van der Waals surface area (Å²) in [5.74, 6) is 1.42. The van der Waals surface area contributed by atoms with E-state index < -0.39 is 6.10 Å². The zero-order valence-corrected chi connectivity index (χ0v) is 14.0. The van der Waals surface area contributed by atoms with Gasteiger partial charge in [-0.2, -0.15) is 0 Å². The van der Waals surface area contributed by atoms with Crippen molar-refractivity contribution in [1.29, 1.82) is 0 Å². The van der Waals surface area contributed by atoms with Crippen molar-refractivity contribution in [1.82, 2.24) is 9.55 Å². The number of fused-ring (bicyclic) bond motifs is 2. The zero-order chi connectivity index (χ0) is 17.9. The molecule has 0 spiro atoms. The topological polar surface area (TPSA) is 82.8 Å². The van der Waals surface area contributed by atoms with E-state index in [1.165, 1.54) is 10.8 Å². The fourth-order valence-electron chi connectivity index (χ4n) is 2.91. The molecule has 0 saturated carbocycles. The SMILES string of the molecule is O=c1cnc2ccccc2n1CC(O)COCc1ccc2c(c1)OCO2. The lowest BCUT2D eigenvalue weighted by atomic mass is 10.2. The summed E-state index contributed by atoms with van der Waals surface area (Å²) in [6, 6.07) is 12.9. The maximum atomic E-state index is 12.1. The van der Waals surface area contributed by atoms with Gasteiger partial charge in [0.1, 0.15) is 0 Å². The van der Waals surface area contributed by atoms with Crippen LogP contribution in [-0.2, 0) is 17.9 Å². The Labute approximate surface area is 149 Å². The summed E-state index contributed by atoms with van der Waals surface area (Å²) >= 11 is 0. The summed E-state index contributed by atoms with van der Waals surface area (Å²) in [7, 11) is 0. The van der Waals surface area contributed by atoms with Gasteiger partial charge in [0, 0.05) is 0 Å². The number of hydrogen-bond donors (Lipinski definition) is 1. The van der Waals surface area contributed by atoms with Crippen molar-refractivity contribution >= 4 is 11.0 Å². The average molecular weight is 354 g/mol. The van der Waals surface area contributed by atoms with Gasteiger partial charge in [-0.15, -0.1) is 0 Å². The van der Waals surface area contributed by atoms with Crippen LogP contribution in [0.25, 0.3) is 11.0 Å². The van der Waals surface area contributed by atoms with Crippen LogP contribution >= 0.6 is 0 Å². The maximum absolute atomic E-state index is 12.1. The van der Waals surface area contributed by atoms with E-state index in [4.69, 9.17) is 14.2 Å². The first-order valence-corrected chi connectivity index (χ1v) is 8.29. The second-order valence-electron chi connectivity index (χ2n) is 6.05. The number of para-hydroxylation sites is 2. The molecular formula is C19H18N2O5. The molecule has 2 aromatic carbocycles. The Morgan fingerprint density at radius 2 is 2.04 bits per heavy atom. The van der Waals surface area contributed by atoms with Crippen LogP contribution in [-0.4, -0.2) is 34.2 Å². The average Bonchev–Trinajstić information content (AvgIpc) is 3.12. The third-order valence-electron chi connectivity index (χ3n) is 4.16. The number of nitrogens with zero attached hydrogens (tertiary/aromatic N) is 2. The molecule has 134 valence electrons. The van der Waals surface area contributed by atoms with Crippen molar-refractivity contribution in [3.8, 4) is 11.5 Å². The zero-order valence-electron chi connectivity index (χ0n) is 14.0. The van der Waals surface area contributed by atoms with E-state index in [0.717, 1.165) is 11.3 Å². The number of ether oxygens (including phenoxy) is 3. The van der Waals surface area contributed by atoms with Crippen LogP contribution in [0.4, 0.5) is 0 Å². The van der Waals surface area contributed by atoms with Gasteiger partial charge in [-0.1, -0.05) is 18.2 Å². The molecule has 4 rings (SSSR count). The highest BCUT2D eigenvalue weighted by atomic mass is 16.7. The van der Waals surface area contributed by atoms with Gasteiger partial charge < -0.3 is 23.9 Å². The molecule has 1 N–H and O–H groups in total. The third-order valence-corrected chi connectivity index (χ3v) is 4.16. The molecule has 1 atom stereocenters. The molecule has 0 fully saturated rings. The van der Waals surface area contributed by atoms with Crippen molar-refractivity contribution in [2.24, 2.45) is 0 Å². The van der Waals surface area contributed by atoms with E-state index in [-0.39, 0.29) is 25.5 Å². The Hall–Kier alpha value is -2.90. The minimum absolute atomic E-state index is 0.109. The Balaban J connectivity index is 1.38. The predicted molar refractivity (Wildman–Crippen MR) is 94.2 cm³/mol. The first kappa shape index (κ1) is 16.6. The molecule has 1 aliphatic rings. The van der Waals surface area contributed by atoms with E-state index in [1.807, 2.05) is 42.5 Å². The molecule has 2 heterocycles. The molecule has 3 aromatic rings. The molecule has 26 heavy (non-hydrogen) atoms. The minimum Gasteiger partial charge on any atom is -0.454 e. The number of rotatable bonds is 6. The second-order valence-corrected chi connectivity index (χ2v) is 6.05. The molecule has 7 heteroatoms. The summed E-state index contributed by atoms with van der Waals surface area (Å²) in [5, 5.41) is 10.3. The lowest BCUT2D eigenvalue weighted by molar-refractivity contribution is 0.0204. The summed E-state index contributed by atoms with van der Waals surface area (Å²) in [5.41, 5.74) is 2.07. The molecule has 0 radical (unpaired) electrons. The van der Waals surface area contributed by atoms with Crippen LogP contribution in [0.15, 0.2) is 53.5 Å². The molecule has 1 unspecified atom stereocenters. The third kappa shape index (κ3) is 3.40. The van der Waals surface area contributed by atoms with Crippen LogP contribution in [0, 0.1) is 0 Å². The lowest BCUT2D eigenvalue weighted by Gasteiger charge is -2.15. The van der Waals surface area contributed by atoms with Crippen molar-refractivity contribution < 1.29 is 19.3 Å². The van der Waals surface area contributed by atoms with E-state index in [1.54, 1.807) is 0 Å². The fraction of sp³-hybridized carbons (Fsp3) is 0.263. The second kappa shape index (κ2) is 7.15. The predicted octanol–water partition coefficient (Wildman–Crippen LogP) is 1.70. The number of hydrogen-bond acceptors (Lipinski definition) is 6. The summed E-state index contributed by atoms with van der Waals surface area (Å²) in [6.45, 7) is 0.813. The highest BCUT2D eigenvalue weighted by Crippen LogP contribution is 2.32. The molecule has 7 nitrogen and oxygen atoms in total. The Bertz CT molecular complexity index is 985. The van der Waals surface area contributed by atoms with Crippen LogP contribution in [0.2, 0.25) is 0 Å². The van der Waals surface area contributed by atoms with Crippen LogP contribution in [0.5, 0.6) is 11.5 Å². The van der Waals surface area contributed by atoms with Gasteiger partial charge in [-0.25, -0.2) is 4.98 Å². The number of benzene rings is 2. The van der Waals surface area contributed by atoms with Crippen LogP contribution in [0.3, 0.4) is 0 Å². The van der Waals surface area contributed by atoms with Gasteiger partial charge in [-0.3, -0.25) is 4.79 Å². The lowest BCUT2D eigenvalue weighted by Crippen LogP contribution is -2.29. The minimum atomic E-state index is -0.812. The summed E-state index contributed by atoms with van der Waals surface area (Å²) in [6.07, 6.45) is 0.454. The molecule has 1 aromatic heterocycles. The first-order valence-electron chi connectivity index (χ1n) is 8.29. The monoisotopic (exact) mass is 354 g/mol. The van der Waals surface area contributed by atoms with E-state index >= 15 is 0 Å². The number of aromatic nitrogens is 2. The first-order chi connectivity index (χ1) is 12.7. The summed E-state index contributed by atoms with van der Waals surface area (Å²) < 4.78 is 17.7. The molecule has 0 bridgehead atoms. The van der Waals surface area contributed by atoms with Gasteiger partial charge in [-0.05, 0) is 29.8 Å². The normalized spacial score (nSPS) is 13.9. The molecule has 0 saturated heterocycles. The van der Waals surface area contributed by atoms with Crippen LogP contribution in [0.1, 0.15) is 5.56 Å². The van der Waals surface area contributed by atoms with E-state index in [0.29, 0.717) is 23.4 Å². The molecule has 1 aliphatic heterocycles. The van der Waals surface area contributed by atoms with Gasteiger partial charge in [0.05, 0.1) is 43.1 Å².